The van der Waals surface area contributed by atoms with Gasteiger partial charge in [-0.3, -0.25) is 4.79 Å². The molecule has 3 rings (SSSR count). The van der Waals surface area contributed by atoms with Crippen molar-refractivity contribution < 1.29 is 32.1 Å². The molecule has 3 aromatic rings. The average molecular weight is 503 g/mol. The van der Waals surface area contributed by atoms with Crippen LogP contribution in [-0.2, 0) is 20.6 Å². The van der Waals surface area contributed by atoms with Crippen LogP contribution in [0.4, 0.5) is 5.82 Å². The van der Waals surface area contributed by atoms with Crippen molar-refractivity contribution in [1.29, 1.82) is 0 Å². The molecule has 1 aromatic heterocycles. The van der Waals surface area contributed by atoms with Crippen molar-refractivity contribution in [1.82, 2.24) is 4.98 Å². The summed E-state index contributed by atoms with van der Waals surface area (Å²) in [6.45, 7) is 3.70. The Kier molecular flexibility index (Phi) is 7.98. The van der Waals surface area contributed by atoms with Crippen LogP contribution < -0.4 is 14.8 Å². The van der Waals surface area contributed by atoms with Gasteiger partial charge in [0.05, 0.1) is 11.0 Å². The first-order valence-corrected chi connectivity index (χ1v) is 13.5. The summed E-state index contributed by atoms with van der Waals surface area (Å²) in [5.74, 6) is 0.946. The van der Waals surface area contributed by atoms with Crippen molar-refractivity contribution in [2.24, 2.45) is 0 Å². The van der Waals surface area contributed by atoms with Crippen LogP contribution in [0.15, 0.2) is 65.7 Å². The number of rotatable bonds is 9. The van der Waals surface area contributed by atoms with Crippen molar-refractivity contribution in [3.05, 3.63) is 71.9 Å². The smallest absolute Gasteiger partial charge is 0.491 e. The molecule has 1 amide bonds. The number of benzene rings is 2. The van der Waals surface area contributed by atoms with Gasteiger partial charge in [0, 0.05) is 29.6 Å². The second-order valence-corrected chi connectivity index (χ2v) is 10.8. The van der Waals surface area contributed by atoms with Crippen LogP contribution in [0.25, 0.3) is 0 Å². The molecule has 0 aliphatic rings. The molecular weight excluding hydrogens is 479 g/mol. The third-order valence-corrected chi connectivity index (χ3v) is 6.15. The zero-order valence-corrected chi connectivity index (χ0v) is 20.5. The number of amides is 1. The molecule has 2 aromatic carbocycles. The number of hydrogen-bond donors (Lipinski definition) is 2. The lowest BCUT2D eigenvalue weighted by Gasteiger charge is -2.14. The Labute approximate surface area is 198 Å². The molecule has 11 heteroatoms. The lowest BCUT2D eigenvalue weighted by molar-refractivity contribution is 0.102. The maximum absolute atomic E-state index is 12.9. The summed E-state index contributed by atoms with van der Waals surface area (Å²) in [4.78, 5) is 26.1. The molecule has 0 saturated carbocycles. The molecule has 0 fully saturated rings. The largest absolute Gasteiger partial charge is 0.510 e. The number of sulfone groups is 1. The standard InChI is InChI=1S/C23H23N2O7PS/c1-15(2)31-19-10-17(23(26)25-22-9-4-16(13-24-22)14-33(27)28)11-20(12-19)32-18-5-7-21(8-6-18)34(3,29)30/h4-13,15H,14H2,1-3H3,(H-,24,25,26,27,28)/p+1. The van der Waals surface area contributed by atoms with Crippen molar-refractivity contribution in [2.45, 2.75) is 31.0 Å². The minimum atomic E-state index is -3.33. The van der Waals surface area contributed by atoms with E-state index in [1.165, 1.54) is 36.5 Å². The Morgan fingerprint density at radius 2 is 1.74 bits per heavy atom. The van der Waals surface area contributed by atoms with E-state index in [0.29, 0.717) is 22.8 Å². The fourth-order valence-corrected chi connectivity index (χ4v) is 4.06. The van der Waals surface area contributed by atoms with Crippen LogP contribution in [0.2, 0.25) is 0 Å². The number of aromatic nitrogens is 1. The van der Waals surface area contributed by atoms with Gasteiger partial charge in [-0.1, -0.05) is 0 Å². The Morgan fingerprint density at radius 1 is 1.06 bits per heavy atom. The lowest BCUT2D eigenvalue weighted by Crippen LogP contribution is -2.14. The lowest BCUT2D eigenvalue weighted by atomic mass is 10.2. The fraction of sp³-hybridized carbons (Fsp3) is 0.217. The first-order valence-electron chi connectivity index (χ1n) is 10.2. The summed E-state index contributed by atoms with van der Waals surface area (Å²) in [6.07, 6.45) is 2.38. The summed E-state index contributed by atoms with van der Waals surface area (Å²) in [5.41, 5.74) is 0.830. The highest BCUT2D eigenvalue weighted by molar-refractivity contribution is 7.90. The van der Waals surface area contributed by atoms with Gasteiger partial charge in [0.15, 0.2) is 9.84 Å². The zero-order chi connectivity index (χ0) is 24.9. The number of carbonyl (C=O) groups excluding carboxylic acids is 1. The molecule has 0 aliphatic heterocycles. The van der Waals surface area contributed by atoms with E-state index in [1.807, 2.05) is 13.8 Å². The van der Waals surface area contributed by atoms with Crippen molar-refractivity contribution in [3.63, 3.8) is 0 Å². The van der Waals surface area contributed by atoms with Gasteiger partial charge in [0.25, 0.3) is 5.91 Å². The van der Waals surface area contributed by atoms with Gasteiger partial charge in [-0.05, 0) is 66.9 Å². The number of nitrogens with one attached hydrogen (secondary N) is 1. The summed E-state index contributed by atoms with van der Waals surface area (Å²) in [7, 11) is -5.65. The van der Waals surface area contributed by atoms with Crippen molar-refractivity contribution >= 4 is 29.6 Å². The number of carbonyl (C=O) groups is 1. The number of pyridine rings is 1. The van der Waals surface area contributed by atoms with E-state index in [4.69, 9.17) is 14.4 Å². The number of ether oxygens (including phenoxy) is 2. The Morgan fingerprint density at radius 3 is 2.29 bits per heavy atom. The van der Waals surface area contributed by atoms with Gasteiger partial charge in [-0.2, -0.15) is 4.89 Å². The average Bonchev–Trinajstić information content (AvgIpc) is 2.74. The highest BCUT2D eigenvalue weighted by Gasteiger charge is 2.15. The third-order valence-electron chi connectivity index (χ3n) is 4.39. The molecule has 0 aliphatic carbocycles. The Balaban J connectivity index is 1.83. The van der Waals surface area contributed by atoms with Gasteiger partial charge in [-0.25, -0.2) is 13.4 Å². The first kappa shape index (κ1) is 25.3. The normalized spacial score (nSPS) is 11.7. The predicted octanol–water partition coefficient (Wildman–Crippen LogP) is 4.55. The van der Waals surface area contributed by atoms with E-state index in [0.717, 1.165) is 6.26 Å². The molecule has 0 spiro atoms. The van der Waals surface area contributed by atoms with Gasteiger partial charge in [-0.15, -0.1) is 0 Å². The summed E-state index contributed by atoms with van der Waals surface area (Å²) in [6, 6.07) is 13.8. The molecule has 34 heavy (non-hydrogen) atoms. The second kappa shape index (κ2) is 10.7. The molecule has 0 saturated heterocycles. The molecule has 2 N–H and O–H groups in total. The topological polar surface area (TPSA) is 132 Å². The highest BCUT2D eigenvalue weighted by atomic mass is 32.2. The molecule has 0 bridgehead atoms. The van der Waals surface area contributed by atoms with E-state index in [2.05, 4.69) is 10.3 Å². The van der Waals surface area contributed by atoms with Gasteiger partial charge in [0.2, 0.25) is 6.16 Å². The highest BCUT2D eigenvalue weighted by Crippen LogP contribution is 2.29. The van der Waals surface area contributed by atoms with Crippen molar-refractivity contribution in [2.75, 3.05) is 11.6 Å². The molecule has 0 radical (unpaired) electrons. The molecule has 1 atom stereocenters. The summed E-state index contributed by atoms with van der Waals surface area (Å²) < 4.78 is 45.8. The van der Waals surface area contributed by atoms with Crippen molar-refractivity contribution in [3.8, 4) is 17.2 Å². The van der Waals surface area contributed by atoms with Crippen LogP contribution in [0.1, 0.15) is 29.8 Å². The molecule has 178 valence electrons. The van der Waals surface area contributed by atoms with Crippen LogP contribution in [-0.4, -0.2) is 36.6 Å². The molecule has 1 heterocycles. The summed E-state index contributed by atoms with van der Waals surface area (Å²) in [5, 5.41) is 2.67. The van der Waals surface area contributed by atoms with Gasteiger partial charge < -0.3 is 14.8 Å². The third kappa shape index (κ3) is 7.34. The second-order valence-electron chi connectivity index (χ2n) is 7.72. The SMILES string of the molecule is CC(C)Oc1cc(Oc2ccc(S(C)(=O)=O)cc2)cc(C(=O)Nc2ccc(C[P+](=O)O)cn2)c1. The van der Waals surface area contributed by atoms with E-state index in [-0.39, 0.29) is 28.5 Å². The van der Waals surface area contributed by atoms with Gasteiger partial charge in [0.1, 0.15) is 23.1 Å². The minimum absolute atomic E-state index is 0.0169. The minimum Gasteiger partial charge on any atom is -0.491 e. The maximum atomic E-state index is 12.9. The Bertz CT molecular complexity index is 1290. The van der Waals surface area contributed by atoms with E-state index in [1.54, 1.807) is 24.3 Å². The van der Waals surface area contributed by atoms with E-state index >= 15 is 0 Å². The number of nitrogens with zero attached hydrogens (tertiary/aromatic N) is 1. The number of anilines is 1. The maximum Gasteiger partial charge on any atom is 0.510 e. The zero-order valence-electron chi connectivity index (χ0n) is 18.8. The quantitative estimate of drug-likeness (QED) is 0.407. The Hall–Kier alpha value is -3.33. The van der Waals surface area contributed by atoms with E-state index in [9.17, 15) is 17.8 Å². The van der Waals surface area contributed by atoms with Crippen LogP contribution in [0.5, 0.6) is 17.2 Å². The molecule has 9 nitrogen and oxygen atoms in total. The molecular formula is C23H24N2O7PS+. The van der Waals surface area contributed by atoms with E-state index < -0.39 is 23.8 Å². The van der Waals surface area contributed by atoms with Crippen LogP contribution in [0.3, 0.4) is 0 Å². The summed E-state index contributed by atoms with van der Waals surface area (Å²) >= 11 is 0. The fourth-order valence-electron chi connectivity index (χ4n) is 2.93. The monoisotopic (exact) mass is 503 g/mol. The number of hydrogen-bond acceptors (Lipinski definition) is 7. The van der Waals surface area contributed by atoms with Crippen LogP contribution in [0, 0.1) is 0 Å². The first-order chi connectivity index (χ1) is 16.0. The van der Waals surface area contributed by atoms with Gasteiger partial charge >= 0.3 is 8.03 Å². The predicted molar refractivity (Wildman–Crippen MR) is 128 cm³/mol. The molecule has 1 unspecified atom stereocenters. The van der Waals surface area contributed by atoms with Crippen LogP contribution >= 0.6 is 8.03 Å².